The van der Waals surface area contributed by atoms with Crippen molar-refractivity contribution in [3.05, 3.63) is 81.2 Å². The summed E-state index contributed by atoms with van der Waals surface area (Å²) in [5.41, 5.74) is 3.09. The summed E-state index contributed by atoms with van der Waals surface area (Å²) in [4.78, 5) is 24.5. The zero-order valence-electron chi connectivity index (χ0n) is 18.6. The number of Topliss-reactive ketones (excluding diaryl/α,β-unsaturated/α-hetero) is 1. The SMILES string of the molecule is CC(C)c1cc(CC(=O)c2ccc(CS(=O)(=O)C(C)(C)C)cc2)cc2ccc(=O)oc12. The molecule has 0 spiro atoms. The molecule has 0 unspecified atom stereocenters. The fraction of sp³-hybridized carbons (Fsp3) is 0.360. The van der Waals surface area contributed by atoms with Crippen LogP contribution in [0.3, 0.4) is 0 Å². The van der Waals surface area contributed by atoms with Gasteiger partial charge in [0.1, 0.15) is 5.58 Å². The molecule has 1 aromatic heterocycles. The molecule has 164 valence electrons. The van der Waals surface area contributed by atoms with Gasteiger partial charge in [0.25, 0.3) is 0 Å². The molecule has 31 heavy (non-hydrogen) atoms. The molecule has 0 saturated carbocycles. The summed E-state index contributed by atoms with van der Waals surface area (Å²) in [5, 5.41) is 0.788. The molecule has 2 aromatic carbocycles. The highest BCUT2D eigenvalue weighted by atomic mass is 32.2. The largest absolute Gasteiger partial charge is 0.422 e. The smallest absolute Gasteiger partial charge is 0.336 e. The van der Waals surface area contributed by atoms with E-state index in [1.807, 2.05) is 26.0 Å². The Bertz CT molecular complexity index is 1270. The maximum absolute atomic E-state index is 12.8. The molecule has 0 amide bonds. The lowest BCUT2D eigenvalue weighted by atomic mass is 9.94. The van der Waals surface area contributed by atoms with Crippen molar-refractivity contribution in [2.24, 2.45) is 0 Å². The Hall–Kier alpha value is -2.73. The Morgan fingerprint density at radius 2 is 1.61 bits per heavy atom. The number of carbonyl (C=O) groups excluding carboxylic acids is 1. The lowest BCUT2D eigenvalue weighted by molar-refractivity contribution is 0.0993. The van der Waals surface area contributed by atoms with Crippen LogP contribution in [0.1, 0.15) is 67.6 Å². The molecule has 3 rings (SSSR count). The molecule has 1 heterocycles. The Morgan fingerprint density at radius 1 is 0.968 bits per heavy atom. The summed E-state index contributed by atoms with van der Waals surface area (Å²) < 4.78 is 29.4. The maximum atomic E-state index is 12.8. The number of fused-ring (bicyclic) bond motifs is 1. The van der Waals surface area contributed by atoms with Gasteiger partial charge in [0.05, 0.1) is 10.5 Å². The van der Waals surface area contributed by atoms with Gasteiger partial charge in [0, 0.05) is 23.4 Å². The van der Waals surface area contributed by atoms with E-state index in [0.717, 1.165) is 16.5 Å². The average Bonchev–Trinajstić information content (AvgIpc) is 2.67. The van der Waals surface area contributed by atoms with Gasteiger partial charge in [0.15, 0.2) is 15.6 Å². The van der Waals surface area contributed by atoms with Crippen LogP contribution in [0, 0.1) is 0 Å². The summed E-state index contributed by atoms with van der Waals surface area (Å²) in [6.07, 6.45) is 0.203. The number of rotatable bonds is 6. The monoisotopic (exact) mass is 440 g/mol. The second kappa shape index (κ2) is 8.42. The van der Waals surface area contributed by atoms with Crippen LogP contribution in [0.25, 0.3) is 11.0 Å². The molecule has 0 aliphatic carbocycles. The van der Waals surface area contributed by atoms with Gasteiger partial charge < -0.3 is 4.42 Å². The first kappa shape index (κ1) is 22.9. The average molecular weight is 441 g/mol. The lowest BCUT2D eigenvalue weighted by Crippen LogP contribution is -2.29. The zero-order valence-corrected chi connectivity index (χ0v) is 19.4. The molecule has 0 bridgehead atoms. The predicted molar refractivity (Wildman–Crippen MR) is 123 cm³/mol. The quantitative estimate of drug-likeness (QED) is 0.395. The van der Waals surface area contributed by atoms with Crippen LogP contribution in [-0.2, 0) is 22.0 Å². The van der Waals surface area contributed by atoms with Gasteiger partial charge in [-0.1, -0.05) is 44.2 Å². The summed E-state index contributed by atoms with van der Waals surface area (Å²) in [6, 6.07) is 13.6. The van der Waals surface area contributed by atoms with E-state index in [9.17, 15) is 18.0 Å². The third kappa shape index (κ3) is 5.13. The van der Waals surface area contributed by atoms with Crippen molar-refractivity contribution in [1.29, 1.82) is 0 Å². The van der Waals surface area contributed by atoms with Crippen LogP contribution in [0.5, 0.6) is 0 Å². The van der Waals surface area contributed by atoms with Gasteiger partial charge in [0.2, 0.25) is 0 Å². The van der Waals surface area contributed by atoms with Crippen molar-refractivity contribution in [3.63, 3.8) is 0 Å². The van der Waals surface area contributed by atoms with Crippen molar-refractivity contribution in [1.82, 2.24) is 0 Å². The van der Waals surface area contributed by atoms with Crippen molar-refractivity contribution in [3.8, 4) is 0 Å². The molecule has 0 aliphatic rings. The second-order valence-corrected chi connectivity index (χ2v) is 11.9. The molecule has 0 saturated heterocycles. The van der Waals surface area contributed by atoms with Crippen LogP contribution in [-0.4, -0.2) is 18.9 Å². The van der Waals surface area contributed by atoms with Gasteiger partial charge in [-0.05, 0) is 55.5 Å². The van der Waals surface area contributed by atoms with Gasteiger partial charge in [-0.3, -0.25) is 4.79 Å². The van der Waals surface area contributed by atoms with Gasteiger partial charge >= 0.3 is 5.63 Å². The highest BCUT2D eigenvalue weighted by Crippen LogP contribution is 2.27. The van der Waals surface area contributed by atoms with Crippen LogP contribution in [0.15, 0.2) is 57.7 Å². The Balaban J connectivity index is 1.84. The first-order valence-corrected chi connectivity index (χ1v) is 11.9. The molecule has 0 aliphatic heterocycles. The van der Waals surface area contributed by atoms with E-state index in [1.165, 1.54) is 6.07 Å². The van der Waals surface area contributed by atoms with Crippen LogP contribution in [0.4, 0.5) is 0 Å². The van der Waals surface area contributed by atoms with E-state index in [-0.39, 0.29) is 23.9 Å². The fourth-order valence-electron chi connectivity index (χ4n) is 3.31. The highest BCUT2D eigenvalue weighted by Gasteiger charge is 2.29. The standard InChI is InChI=1S/C25H28O5S/c1-16(2)21-13-18(12-20-10-11-23(27)30-24(20)21)14-22(26)19-8-6-17(7-9-19)15-31(28,29)25(3,4)5/h6-13,16H,14-15H2,1-5H3. The van der Waals surface area contributed by atoms with E-state index >= 15 is 0 Å². The second-order valence-electron chi connectivity index (χ2n) is 9.18. The lowest BCUT2D eigenvalue weighted by Gasteiger charge is -2.19. The predicted octanol–water partition coefficient (Wildman–Crippen LogP) is 5.06. The molecule has 0 radical (unpaired) electrons. The number of sulfone groups is 1. The van der Waals surface area contributed by atoms with Crippen molar-refractivity contribution >= 4 is 26.6 Å². The Kier molecular flexibility index (Phi) is 6.23. The first-order valence-electron chi connectivity index (χ1n) is 10.3. The Labute approximate surface area is 183 Å². The van der Waals surface area contributed by atoms with Gasteiger partial charge in [-0.25, -0.2) is 13.2 Å². The van der Waals surface area contributed by atoms with Gasteiger partial charge in [-0.2, -0.15) is 0 Å². The fourth-order valence-corrected chi connectivity index (χ4v) is 4.38. The van der Waals surface area contributed by atoms with Gasteiger partial charge in [-0.15, -0.1) is 0 Å². The zero-order chi connectivity index (χ0) is 23.0. The normalized spacial score (nSPS) is 12.5. The summed E-state index contributed by atoms with van der Waals surface area (Å²) >= 11 is 0. The van der Waals surface area contributed by atoms with Crippen molar-refractivity contribution < 1.29 is 17.6 Å². The van der Waals surface area contributed by atoms with Crippen LogP contribution >= 0.6 is 0 Å². The van der Waals surface area contributed by atoms with E-state index in [2.05, 4.69) is 0 Å². The summed E-state index contributed by atoms with van der Waals surface area (Å²) in [7, 11) is -3.29. The molecule has 3 aromatic rings. The van der Waals surface area contributed by atoms with E-state index in [0.29, 0.717) is 16.7 Å². The highest BCUT2D eigenvalue weighted by molar-refractivity contribution is 7.91. The minimum absolute atomic E-state index is 0.0569. The molecular formula is C25H28O5S. The maximum Gasteiger partial charge on any atom is 0.336 e. The summed E-state index contributed by atoms with van der Waals surface area (Å²) in [6.45, 7) is 9.07. The van der Waals surface area contributed by atoms with E-state index in [1.54, 1.807) is 51.1 Å². The van der Waals surface area contributed by atoms with E-state index in [4.69, 9.17) is 4.42 Å². The molecule has 0 fully saturated rings. The summed E-state index contributed by atoms with van der Waals surface area (Å²) in [5.74, 6) is 0.0160. The molecule has 0 atom stereocenters. The molecular weight excluding hydrogens is 412 g/mol. The molecule has 0 N–H and O–H groups in total. The first-order chi connectivity index (χ1) is 14.4. The number of benzene rings is 2. The minimum atomic E-state index is -3.29. The minimum Gasteiger partial charge on any atom is -0.422 e. The van der Waals surface area contributed by atoms with E-state index < -0.39 is 20.2 Å². The number of hydrogen-bond acceptors (Lipinski definition) is 5. The third-order valence-electron chi connectivity index (χ3n) is 5.36. The topological polar surface area (TPSA) is 81.4 Å². The molecule has 6 heteroatoms. The van der Waals surface area contributed by atoms with Crippen LogP contribution < -0.4 is 5.63 Å². The number of carbonyl (C=O) groups is 1. The van der Waals surface area contributed by atoms with Crippen molar-refractivity contribution in [2.45, 2.75) is 57.5 Å². The third-order valence-corrected chi connectivity index (χ3v) is 7.94. The number of hydrogen-bond donors (Lipinski definition) is 0. The van der Waals surface area contributed by atoms with Crippen LogP contribution in [0.2, 0.25) is 0 Å². The number of ketones is 1. The molecule has 5 nitrogen and oxygen atoms in total. The Morgan fingerprint density at radius 3 is 2.19 bits per heavy atom. The van der Waals surface area contributed by atoms with Crippen molar-refractivity contribution in [2.75, 3.05) is 0 Å².